The topological polar surface area (TPSA) is 61.4 Å². The van der Waals surface area contributed by atoms with Gasteiger partial charge in [0.2, 0.25) is 0 Å². The molecule has 0 saturated carbocycles. The van der Waals surface area contributed by atoms with Crippen LogP contribution in [-0.4, -0.2) is 24.9 Å². The summed E-state index contributed by atoms with van der Waals surface area (Å²) in [7, 11) is 0. The summed E-state index contributed by atoms with van der Waals surface area (Å²) < 4.78 is 36.8. The summed E-state index contributed by atoms with van der Waals surface area (Å²) in [5, 5.41) is 0.582. The first-order valence-electron chi connectivity index (χ1n) is 11.9. The number of carbonyl (C=O) groups excluding carboxylic acids is 1. The molecule has 0 aliphatic heterocycles. The molecule has 3 aromatic carbocycles. The Kier molecular flexibility index (Phi) is 5.44. The van der Waals surface area contributed by atoms with E-state index in [1.807, 2.05) is 33.2 Å². The summed E-state index contributed by atoms with van der Waals surface area (Å²) >= 11 is 0. The third-order valence-electron chi connectivity index (χ3n) is 6.17. The van der Waals surface area contributed by atoms with E-state index in [0.717, 1.165) is 16.6 Å². The van der Waals surface area contributed by atoms with Gasteiger partial charge in [-0.05, 0) is 66.6 Å². The van der Waals surface area contributed by atoms with E-state index in [-0.39, 0.29) is 17.3 Å². The fraction of sp³-hybridized carbons (Fsp3) is 0.138. The molecule has 6 rings (SSSR count). The quantitative estimate of drug-likeness (QED) is 0.251. The number of esters is 1. The number of imidazole rings is 1. The zero-order chi connectivity index (χ0) is 25.7. The maximum absolute atomic E-state index is 13.7. The van der Waals surface area contributed by atoms with Gasteiger partial charge < -0.3 is 9.30 Å². The molecule has 0 spiro atoms. The molecule has 0 aliphatic rings. The maximum atomic E-state index is 13.7. The van der Waals surface area contributed by atoms with Crippen molar-refractivity contribution < 1.29 is 18.3 Å². The normalized spacial score (nSPS) is 11.7. The van der Waals surface area contributed by atoms with E-state index in [4.69, 9.17) is 14.7 Å². The fourth-order valence-corrected chi connectivity index (χ4v) is 4.56. The van der Waals surface area contributed by atoms with Crippen LogP contribution in [0.25, 0.3) is 39.1 Å². The molecule has 0 saturated heterocycles. The number of ether oxygens (including phenoxy) is 1. The highest BCUT2D eigenvalue weighted by Crippen LogP contribution is 2.36. The number of benzene rings is 3. The van der Waals surface area contributed by atoms with Gasteiger partial charge in [-0.1, -0.05) is 26.0 Å². The lowest BCUT2D eigenvalue weighted by Crippen LogP contribution is -2.08. The highest BCUT2D eigenvalue weighted by molar-refractivity contribution is 6.03. The number of halogens is 2. The van der Waals surface area contributed by atoms with E-state index < -0.39 is 11.8 Å². The molecule has 0 amide bonds. The van der Waals surface area contributed by atoms with Crippen molar-refractivity contribution in [2.24, 2.45) is 5.92 Å². The van der Waals surface area contributed by atoms with Gasteiger partial charge in [0.1, 0.15) is 28.5 Å². The van der Waals surface area contributed by atoms with Crippen LogP contribution in [0, 0.1) is 17.6 Å². The number of fused-ring (bicyclic) bond motifs is 5. The molecule has 0 aliphatic carbocycles. The molecule has 184 valence electrons. The first kappa shape index (κ1) is 22.8. The molecule has 0 unspecified atom stereocenters. The van der Waals surface area contributed by atoms with Gasteiger partial charge >= 0.3 is 5.97 Å². The smallest absolute Gasteiger partial charge is 0.343 e. The molecule has 0 atom stereocenters. The molecular formula is C29H22F2N4O2. The number of para-hydroxylation sites is 2. The largest absolute Gasteiger partial charge is 0.420 e. The van der Waals surface area contributed by atoms with Crippen LogP contribution in [0.1, 0.15) is 24.2 Å². The zero-order valence-corrected chi connectivity index (χ0v) is 20.2. The second-order valence-electron chi connectivity index (χ2n) is 9.34. The maximum Gasteiger partial charge on any atom is 0.343 e. The number of rotatable bonds is 5. The zero-order valence-electron chi connectivity index (χ0n) is 20.2. The second-order valence-corrected chi connectivity index (χ2v) is 9.34. The van der Waals surface area contributed by atoms with Gasteiger partial charge in [-0.15, -0.1) is 0 Å². The average Bonchev–Trinajstić information content (AvgIpc) is 3.42. The summed E-state index contributed by atoms with van der Waals surface area (Å²) in [5.41, 5.74) is 3.67. The van der Waals surface area contributed by atoms with E-state index in [1.165, 1.54) is 36.4 Å². The van der Waals surface area contributed by atoms with Gasteiger partial charge in [0, 0.05) is 18.3 Å². The predicted octanol–water partition coefficient (Wildman–Crippen LogP) is 6.66. The van der Waals surface area contributed by atoms with Crippen molar-refractivity contribution >= 4 is 33.7 Å². The van der Waals surface area contributed by atoms with Crippen LogP contribution >= 0.6 is 0 Å². The Labute approximate surface area is 210 Å². The molecule has 0 fully saturated rings. The van der Waals surface area contributed by atoms with Crippen LogP contribution < -0.4 is 4.74 Å². The molecule has 0 N–H and O–H groups in total. The summed E-state index contributed by atoms with van der Waals surface area (Å²) in [6.07, 6.45) is 1.76. The monoisotopic (exact) mass is 496 g/mol. The Bertz CT molecular complexity index is 1790. The molecular weight excluding hydrogens is 474 g/mol. The molecule has 0 radical (unpaired) electrons. The van der Waals surface area contributed by atoms with E-state index >= 15 is 0 Å². The summed E-state index contributed by atoms with van der Waals surface area (Å²) in [6.45, 7) is 4.79. The number of carbonyl (C=O) groups is 1. The predicted molar refractivity (Wildman–Crippen MR) is 138 cm³/mol. The van der Waals surface area contributed by atoms with Crippen LogP contribution in [0.5, 0.6) is 5.75 Å². The minimum Gasteiger partial charge on any atom is -0.420 e. The Morgan fingerprint density at radius 1 is 0.892 bits per heavy atom. The Balaban J connectivity index is 1.64. The number of aromatic nitrogens is 4. The van der Waals surface area contributed by atoms with Crippen molar-refractivity contribution in [1.82, 2.24) is 18.9 Å². The van der Waals surface area contributed by atoms with Gasteiger partial charge in [0.05, 0.1) is 16.6 Å². The van der Waals surface area contributed by atoms with Crippen LogP contribution in [0.15, 0.2) is 79.0 Å². The van der Waals surface area contributed by atoms with Gasteiger partial charge in [0.25, 0.3) is 0 Å². The molecule has 3 heterocycles. The molecule has 0 bridgehead atoms. The van der Waals surface area contributed by atoms with Crippen LogP contribution in [0.4, 0.5) is 8.78 Å². The van der Waals surface area contributed by atoms with Crippen molar-refractivity contribution in [3.8, 4) is 17.1 Å². The minimum atomic E-state index is -0.611. The number of nitrogens with zero attached hydrogens (tertiary/aromatic N) is 4. The Morgan fingerprint density at radius 3 is 2.27 bits per heavy atom. The fourth-order valence-electron chi connectivity index (χ4n) is 4.56. The average molecular weight is 497 g/mol. The molecule has 3 aromatic heterocycles. The van der Waals surface area contributed by atoms with E-state index in [0.29, 0.717) is 34.8 Å². The van der Waals surface area contributed by atoms with E-state index in [9.17, 15) is 13.6 Å². The lowest BCUT2D eigenvalue weighted by molar-refractivity contribution is 0.0737. The van der Waals surface area contributed by atoms with Crippen molar-refractivity contribution in [2.45, 2.75) is 20.4 Å². The molecule has 6 nitrogen and oxygen atoms in total. The first-order valence-corrected chi connectivity index (χ1v) is 11.9. The molecule has 8 heteroatoms. The van der Waals surface area contributed by atoms with Gasteiger partial charge in [-0.25, -0.2) is 23.5 Å². The number of hydrogen-bond donors (Lipinski definition) is 0. The summed E-state index contributed by atoms with van der Waals surface area (Å²) in [5.74, 6) is -0.204. The van der Waals surface area contributed by atoms with E-state index in [2.05, 4.69) is 13.8 Å². The SMILES string of the molecule is CC(C)Cn1cc(OC(=O)c2ccc(F)cc2)c2c1nc(-c1ccc(F)cc1)n1c3ccccc3nc21. The van der Waals surface area contributed by atoms with Gasteiger partial charge in [-0.3, -0.25) is 4.40 Å². The van der Waals surface area contributed by atoms with Crippen LogP contribution in [0.2, 0.25) is 0 Å². The summed E-state index contributed by atoms with van der Waals surface area (Å²) in [6, 6.07) is 19.0. The van der Waals surface area contributed by atoms with Crippen LogP contribution in [0.3, 0.4) is 0 Å². The third-order valence-corrected chi connectivity index (χ3v) is 6.17. The van der Waals surface area contributed by atoms with Crippen LogP contribution in [-0.2, 0) is 6.54 Å². The van der Waals surface area contributed by atoms with E-state index in [1.54, 1.807) is 18.3 Å². The third kappa shape index (κ3) is 4.00. The van der Waals surface area contributed by atoms with Crippen molar-refractivity contribution in [1.29, 1.82) is 0 Å². The summed E-state index contributed by atoms with van der Waals surface area (Å²) in [4.78, 5) is 22.9. The van der Waals surface area contributed by atoms with Crippen molar-refractivity contribution in [3.63, 3.8) is 0 Å². The Morgan fingerprint density at radius 2 is 1.57 bits per heavy atom. The van der Waals surface area contributed by atoms with Crippen molar-refractivity contribution in [2.75, 3.05) is 0 Å². The molecule has 37 heavy (non-hydrogen) atoms. The first-order chi connectivity index (χ1) is 17.9. The van der Waals surface area contributed by atoms with Gasteiger partial charge in [-0.2, -0.15) is 0 Å². The highest BCUT2D eigenvalue weighted by Gasteiger charge is 2.24. The minimum absolute atomic E-state index is 0.228. The Hall–Kier alpha value is -4.59. The number of hydrogen-bond acceptors (Lipinski definition) is 4. The van der Waals surface area contributed by atoms with Gasteiger partial charge in [0.15, 0.2) is 11.4 Å². The van der Waals surface area contributed by atoms with Crippen molar-refractivity contribution in [3.05, 3.63) is 96.2 Å². The lowest BCUT2D eigenvalue weighted by atomic mass is 10.2. The standard InChI is InChI=1S/C29H22F2N4O2/c1-17(2)15-34-16-24(37-29(36)19-9-13-21(31)14-10-19)25-27(34)33-26(18-7-11-20(30)12-8-18)35-23-6-4-3-5-22(23)32-28(25)35/h3-14,16-17H,15H2,1-2H3. The second kappa shape index (κ2) is 8.81. The lowest BCUT2D eigenvalue weighted by Gasteiger charge is -2.11. The molecule has 6 aromatic rings. The highest BCUT2D eigenvalue weighted by atomic mass is 19.1.